The van der Waals surface area contributed by atoms with Gasteiger partial charge in [-0.05, 0) is 41.1 Å². The van der Waals surface area contributed by atoms with E-state index in [4.69, 9.17) is 4.74 Å². The van der Waals surface area contributed by atoms with Crippen LogP contribution in [-0.2, 0) is 11.3 Å². The van der Waals surface area contributed by atoms with Crippen LogP contribution in [0.25, 0.3) is 11.0 Å². The Morgan fingerprint density at radius 2 is 2.33 bits per heavy atom. The van der Waals surface area contributed by atoms with Gasteiger partial charge in [-0.3, -0.25) is 4.98 Å². The Kier molecular flexibility index (Phi) is 3.25. The number of hydrogen-bond donors (Lipinski definition) is 0. The molecule has 0 aromatic carbocycles. The van der Waals surface area contributed by atoms with Gasteiger partial charge in [0.1, 0.15) is 5.52 Å². The fraction of sp³-hybridized carbons (Fsp3) is 0.364. The van der Waals surface area contributed by atoms with Gasteiger partial charge in [0.05, 0.1) is 15.7 Å². The van der Waals surface area contributed by atoms with E-state index < -0.39 is 0 Å². The molecule has 2 aromatic heterocycles. The van der Waals surface area contributed by atoms with E-state index in [1.54, 1.807) is 7.11 Å². The smallest absolute Gasteiger partial charge is 0.102 e. The molecule has 2 rings (SSSR count). The van der Waals surface area contributed by atoms with Crippen LogP contribution in [0.15, 0.2) is 18.5 Å². The lowest BCUT2D eigenvalue weighted by Crippen LogP contribution is -2.03. The maximum atomic E-state index is 5.10. The highest BCUT2D eigenvalue weighted by molar-refractivity contribution is 14.1. The maximum Gasteiger partial charge on any atom is 0.102 e. The number of aromatic nitrogens is 2. The lowest BCUT2D eigenvalue weighted by atomic mass is 10.2. The molecule has 0 aliphatic carbocycles. The highest BCUT2D eigenvalue weighted by Crippen LogP contribution is 2.23. The van der Waals surface area contributed by atoms with E-state index in [1.807, 2.05) is 12.3 Å². The van der Waals surface area contributed by atoms with Crippen LogP contribution in [0.5, 0.6) is 0 Å². The number of ether oxygens (including phenoxy) is 1. The molecule has 15 heavy (non-hydrogen) atoms. The molecule has 4 heteroatoms. The largest absolute Gasteiger partial charge is 0.383 e. The Labute approximate surface area is 103 Å². The van der Waals surface area contributed by atoms with Crippen LogP contribution in [0.4, 0.5) is 0 Å². The number of aryl methyl sites for hydroxylation is 1. The normalized spacial score (nSPS) is 11.1. The van der Waals surface area contributed by atoms with Gasteiger partial charge in [0.2, 0.25) is 0 Å². The van der Waals surface area contributed by atoms with Gasteiger partial charge in [-0.15, -0.1) is 0 Å². The van der Waals surface area contributed by atoms with Crippen LogP contribution in [0.1, 0.15) is 5.56 Å². The molecular weight excluding hydrogens is 303 g/mol. The molecule has 0 unspecified atom stereocenters. The van der Waals surface area contributed by atoms with E-state index in [0.717, 1.165) is 18.7 Å². The first-order valence-electron chi connectivity index (χ1n) is 4.83. The molecular formula is C11H13IN2O. The van der Waals surface area contributed by atoms with Crippen molar-refractivity contribution >= 4 is 33.6 Å². The highest BCUT2D eigenvalue weighted by Gasteiger charge is 2.09. The molecule has 0 bridgehead atoms. The minimum atomic E-state index is 0.730. The SMILES string of the molecule is COCCn1cc(I)c2nccc(C)c21. The van der Waals surface area contributed by atoms with E-state index in [1.165, 1.54) is 14.7 Å². The third kappa shape index (κ3) is 2.01. The average molecular weight is 316 g/mol. The summed E-state index contributed by atoms with van der Waals surface area (Å²) >= 11 is 2.32. The molecule has 80 valence electrons. The van der Waals surface area contributed by atoms with Crippen molar-refractivity contribution in [2.24, 2.45) is 0 Å². The zero-order valence-electron chi connectivity index (χ0n) is 8.83. The molecule has 0 fully saturated rings. The van der Waals surface area contributed by atoms with Crippen LogP contribution in [0.2, 0.25) is 0 Å². The third-order valence-corrected chi connectivity index (χ3v) is 3.23. The first-order chi connectivity index (χ1) is 7.24. The number of nitrogens with zero attached hydrogens (tertiary/aromatic N) is 2. The summed E-state index contributed by atoms with van der Waals surface area (Å²) < 4.78 is 8.51. The predicted octanol–water partition coefficient (Wildman–Crippen LogP) is 2.60. The lowest BCUT2D eigenvalue weighted by Gasteiger charge is -2.05. The average Bonchev–Trinajstić information content (AvgIpc) is 2.55. The van der Waals surface area contributed by atoms with Crippen molar-refractivity contribution in [3.63, 3.8) is 0 Å². The van der Waals surface area contributed by atoms with E-state index >= 15 is 0 Å². The van der Waals surface area contributed by atoms with Gasteiger partial charge in [-0.1, -0.05) is 0 Å². The molecule has 0 N–H and O–H groups in total. The van der Waals surface area contributed by atoms with Crippen LogP contribution >= 0.6 is 22.6 Å². The van der Waals surface area contributed by atoms with Crippen LogP contribution < -0.4 is 0 Å². The molecule has 0 radical (unpaired) electrons. The van der Waals surface area contributed by atoms with Crippen molar-refractivity contribution in [1.82, 2.24) is 9.55 Å². The van der Waals surface area contributed by atoms with Crippen LogP contribution in [-0.4, -0.2) is 23.3 Å². The monoisotopic (exact) mass is 316 g/mol. The number of pyridine rings is 1. The zero-order chi connectivity index (χ0) is 10.8. The van der Waals surface area contributed by atoms with Crippen molar-refractivity contribution in [2.45, 2.75) is 13.5 Å². The first-order valence-corrected chi connectivity index (χ1v) is 5.91. The van der Waals surface area contributed by atoms with Gasteiger partial charge in [-0.25, -0.2) is 0 Å². The minimum Gasteiger partial charge on any atom is -0.383 e. The maximum absolute atomic E-state index is 5.10. The molecule has 2 heterocycles. The molecule has 0 saturated heterocycles. The van der Waals surface area contributed by atoms with Gasteiger partial charge >= 0.3 is 0 Å². The van der Waals surface area contributed by atoms with Crippen LogP contribution in [0, 0.1) is 10.5 Å². The molecule has 0 aliphatic rings. The Morgan fingerprint density at radius 1 is 1.53 bits per heavy atom. The minimum absolute atomic E-state index is 0.730. The van der Waals surface area contributed by atoms with E-state index in [-0.39, 0.29) is 0 Å². The van der Waals surface area contributed by atoms with Gasteiger partial charge < -0.3 is 9.30 Å². The number of methoxy groups -OCH3 is 1. The van der Waals surface area contributed by atoms with Gasteiger partial charge in [0.25, 0.3) is 0 Å². The molecule has 3 nitrogen and oxygen atoms in total. The fourth-order valence-electron chi connectivity index (χ4n) is 1.72. The molecule has 2 aromatic rings. The van der Waals surface area contributed by atoms with E-state index in [2.05, 4.69) is 45.3 Å². The summed E-state index contributed by atoms with van der Waals surface area (Å²) in [5.41, 5.74) is 3.57. The summed E-state index contributed by atoms with van der Waals surface area (Å²) in [6, 6.07) is 2.04. The number of halogens is 1. The second-order valence-electron chi connectivity index (χ2n) is 3.49. The first kappa shape index (κ1) is 10.9. The second kappa shape index (κ2) is 4.49. The number of fused-ring (bicyclic) bond motifs is 1. The summed E-state index contributed by atoms with van der Waals surface area (Å²) in [6.07, 6.45) is 3.99. The van der Waals surface area contributed by atoms with Crippen molar-refractivity contribution in [1.29, 1.82) is 0 Å². The van der Waals surface area contributed by atoms with Crippen molar-refractivity contribution in [3.8, 4) is 0 Å². The summed E-state index contributed by atoms with van der Waals surface area (Å²) in [4.78, 5) is 4.40. The third-order valence-electron chi connectivity index (χ3n) is 2.44. The molecule has 0 spiro atoms. The fourth-order valence-corrected chi connectivity index (χ4v) is 2.45. The highest BCUT2D eigenvalue weighted by atomic mass is 127. The lowest BCUT2D eigenvalue weighted by molar-refractivity contribution is 0.188. The second-order valence-corrected chi connectivity index (χ2v) is 4.65. The topological polar surface area (TPSA) is 27.1 Å². The molecule has 0 aliphatic heterocycles. The quantitative estimate of drug-likeness (QED) is 0.814. The number of rotatable bonds is 3. The zero-order valence-corrected chi connectivity index (χ0v) is 11.0. The number of hydrogen-bond acceptors (Lipinski definition) is 2. The summed E-state index contributed by atoms with van der Waals surface area (Å²) in [5, 5.41) is 0. The summed E-state index contributed by atoms with van der Waals surface area (Å²) in [5.74, 6) is 0. The molecule has 0 saturated carbocycles. The van der Waals surface area contributed by atoms with E-state index in [0.29, 0.717) is 0 Å². The Bertz CT molecular complexity index is 479. The molecule has 0 atom stereocenters. The van der Waals surface area contributed by atoms with Crippen molar-refractivity contribution < 1.29 is 4.74 Å². The van der Waals surface area contributed by atoms with Gasteiger partial charge in [0.15, 0.2) is 0 Å². The summed E-state index contributed by atoms with van der Waals surface area (Å²) in [6.45, 7) is 3.72. The van der Waals surface area contributed by atoms with Crippen LogP contribution in [0.3, 0.4) is 0 Å². The van der Waals surface area contributed by atoms with Gasteiger partial charge in [0, 0.05) is 26.0 Å². The Hall–Kier alpha value is -0.620. The standard InChI is InChI=1S/C11H13IN2O/c1-8-3-4-13-10-9(12)7-14(11(8)10)5-6-15-2/h3-4,7H,5-6H2,1-2H3. The Balaban J connectivity index is 2.54. The molecule has 0 amide bonds. The Morgan fingerprint density at radius 3 is 3.07 bits per heavy atom. The predicted molar refractivity (Wildman–Crippen MR) is 69.1 cm³/mol. The van der Waals surface area contributed by atoms with E-state index in [9.17, 15) is 0 Å². The summed E-state index contributed by atoms with van der Waals surface area (Å²) in [7, 11) is 1.72. The van der Waals surface area contributed by atoms with Gasteiger partial charge in [-0.2, -0.15) is 0 Å². The van der Waals surface area contributed by atoms with Crippen molar-refractivity contribution in [3.05, 3.63) is 27.6 Å². The van der Waals surface area contributed by atoms with Crippen molar-refractivity contribution in [2.75, 3.05) is 13.7 Å².